The lowest BCUT2D eigenvalue weighted by Crippen LogP contribution is -1.84. The molecule has 4 aromatic rings. The number of aromatic nitrogens is 4. The van der Waals surface area contributed by atoms with E-state index in [4.69, 9.17) is 0 Å². The Labute approximate surface area is 123 Å². The van der Waals surface area contributed by atoms with Gasteiger partial charge in [-0.25, -0.2) is 0 Å². The molecule has 4 rings (SSSR count). The molecule has 106 valence electrons. The molecule has 4 nitrogen and oxygen atoms in total. The number of hydrogen-bond acceptors (Lipinski definition) is 2. The molecule has 0 radical (unpaired) electrons. The zero-order chi connectivity index (χ0) is 14.8. The summed E-state index contributed by atoms with van der Waals surface area (Å²) in [5.74, 6) is 0. The molecule has 0 fully saturated rings. The Morgan fingerprint density at radius 3 is 2.38 bits per heavy atom. The minimum absolute atomic E-state index is 1.08. The number of nitrogens with one attached hydrogen (secondary N) is 1. The van der Waals surface area contributed by atoms with Crippen LogP contribution in [0.4, 0.5) is 0 Å². The molecule has 21 heavy (non-hydrogen) atoms. The van der Waals surface area contributed by atoms with E-state index in [1.807, 2.05) is 48.4 Å². The molecule has 0 bridgehead atoms. The Kier molecular flexibility index (Phi) is 3.44. The number of hydrogen-bond donors (Lipinski definition) is 1. The fourth-order valence-electron chi connectivity index (χ4n) is 2.42. The van der Waals surface area contributed by atoms with Crippen LogP contribution in [0.25, 0.3) is 21.8 Å². The minimum atomic E-state index is 1.08. The molecule has 0 saturated carbocycles. The molecule has 0 unspecified atom stereocenters. The molecule has 2 aromatic heterocycles. The van der Waals surface area contributed by atoms with Gasteiger partial charge in [-0.05, 0) is 37.1 Å². The Morgan fingerprint density at radius 2 is 1.67 bits per heavy atom. The lowest BCUT2D eigenvalue weighted by atomic mass is 10.1. The van der Waals surface area contributed by atoms with Gasteiger partial charge in [0.2, 0.25) is 0 Å². The lowest BCUT2D eigenvalue weighted by molar-refractivity contribution is 0.779. The van der Waals surface area contributed by atoms with Gasteiger partial charge >= 0.3 is 0 Å². The highest BCUT2D eigenvalue weighted by Crippen LogP contribution is 2.15. The number of rotatable bonds is 0. The van der Waals surface area contributed by atoms with Gasteiger partial charge in [-0.3, -0.25) is 9.78 Å². The molecule has 0 aliphatic rings. The van der Waals surface area contributed by atoms with Crippen molar-refractivity contribution in [3.63, 3.8) is 0 Å². The maximum absolute atomic E-state index is 4.29. The van der Waals surface area contributed by atoms with Crippen LogP contribution in [0.5, 0.6) is 0 Å². The second-order valence-electron chi connectivity index (χ2n) is 5.22. The van der Waals surface area contributed by atoms with Crippen molar-refractivity contribution in [2.75, 3.05) is 0 Å². The molecule has 4 heteroatoms. The highest BCUT2D eigenvalue weighted by atomic mass is 15.2. The highest BCUT2D eigenvalue weighted by Gasteiger charge is 1.98. The van der Waals surface area contributed by atoms with Crippen molar-refractivity contribution in [2.24, 2.45) is 7.05 Å². The summed E-state index contributed by atoms with van der Waals surface area (Å²) in [5, 5.41) is 13.6. The topological polar surface area (TPSA) is 46.5 Å². The quantitative estimate of drug-likeness (QED) is 0.532. The van der Waals surface area contributed by atoms with Crippen LogP contribution in [0, 0.1) is 13.8 Å². The van der Waals surface area contributed by atoms with Crippen LogP contribution in [0.15, 0.2) is 48.8 Å². The Bertz CT molecular complexity index is 886. The van der Waals surface area contributed by atoms with Crippen molar-refractivity contribution < 1.29 is 0 Å². The van der Waals surface area contributed by atoms with E-state index in [-0.39, 0.29) is 0 Å². The monoisotopic (exact) mass is 278 g/mol. The molecule has 0 spiro atoms. The van der Waals surface area contributed by atoms with Gasteiger partial charge in [0.25, 0.3) is 0 Å². The normalized spacial score (nSPS) is 10.6. The zero-order valence-corrected chi connectivity index (χ0v) is 12.5. The molecule has 0 aliphatic carbocycles. The van der Waals surface area contributed by atoms with Gasteiger partial charge in [0.15, 0.2) is 0 Å². The third-order valence-electron chi connectivity index (χ3n) is 3.59. The summed E-state index contributed by atoms with van der Waals surface area (Å²) in [6, 6.07) is 12.3. The summed E-state index contributed by atoms with van der Waals surface area (Å²) in [4.78, 5) is 0. The van der Waals surface area contributed by atoms with E-state index in [0.717, 1.165) is 11.0 Å². The van der Waals surface area contributed by atoms with E-state index >= 15 is 0 Å². The molecule has 0 aliphatic heterocycles. The van der Waals surface area contributed by atoms with Gasteiger partial charge in [0.1, 0.15) is 0 Å². The smallest absolute Gasteiger partial charge is 0.0925 e. The fourth-order valence-corrected chi connectivity index (χ4v) is 2.42. The van der Waals surface area contributed by atoms with Crippen molar-refractivity contribution in [1.29, 1.82) is 0 Å². The van der Waals surface area contributed by atoms with E-state index in [1.54, 1.807) is 0 Å². The maximum Gasteiger partial charge on any atom is 0.0925 e. The lowest BCUT2D eigenvalue weighted by Gasteiger charge is -1.90. The number of nitrogens with zero attached hydrogens (tertiary/aromatic N) is 3. The predicted molar refractivity (Wildman–Crippen MR) is 86.3 cm³/mol. The highest BCUT2D eigenvalue weighted by molar-refractivity contribution is 5.81. The Balaban J connectivity index is 0.000000126. The van der Waals surface area contributed by atoms with Gasteiger partial charge in [-0.15, -0.1) is 0 Å². The summed E-state index contributed by atoms with van der Waals surface area (Å²) in [7, 11) is 1.94. The van der Waals surface area contributed by atoms with E-state index in [0.29, 0.717) is 0 Å². The average molecular weight is 278 g/mol. The summed E-state index contributed by atoms with van der Waals surface area (Å²) >= 11 is 0. The van der Waals surface area contributed by atoms with E-state index < -0.39 is 0 Å². The molecule has 0 atom stereocenters. The summed E-state index contributed by atoms with van der Waals surface area (Å²) in [6.45, 7) is 4.18. The van der Waals surface area contributed by atoms with Gasteiger partial charge < -0.3 is 0 Å². The van der Waals surface area contributed by atoms with Gasteiger partial charge in [0.05, 0.1) is 17.2 Å². The van der Waals surface area contributed by atoms with Crippen LogP contribution in [-0.4, -0.2) is 20.0 Å². The van der Waals surface area contributed by atoms with Crippen LogP contribution in [0.3, 0.4) is 0 Å². The molecule has 2 heterocycles. The maximum atomic E-state index is 4.29. The number of aryl methyl sites for hydroxylation is 3. The predicted octanol–water partition coefficient (Wildman–Crippen LogP) is 3.75. The van der Waals surface area contributed by atoms with Gasteiger partial charge in [-0.2, -0.15) is 10.2 Å². The van der Waals surface area contributed by atoms with Crippen LogP contribution in [0.1, 0.15) is 11.1 Å². The largest absolute Gasteiger partial charge is 0.278 e. The summed E-state index contributed by atoms with van der Waals surface area (Å²) in [6.07, 6.45) is 3.90. The first kappa shape index (κ1) is 13.4. The van der Waals surface area contributed by atoms with E-state index in [9.17, 15) is 0 Å². The summed E-state index contributed by atoms with van der Waals surface area (Å²) < 4.78 is 1.84. The Morgan fingerprint density at radius 1 is 0.952 bits per heavy atom. The molecular weight excluding hydrogens is 260 g/mol. The number of aromatic amines is 1. The fraction of sp³-hybridized carbons (Fsp3) is 0.176. The van der Waals surface area contributed by atoms with Crippen molar-refractivity contribution in [3.8, 4) is 0 Å². The van der Waals surface area contributed by atoms with Gasteiger partial charge in [0, 0.05) is 24.0 Å². The van der Waals surface area contributed by atoms with Gasteiger partial charge in [-0.1, -0.05) is 24.3 Å². The standard InChI is InChI=1S/C9H10N2.C8H8N2/c1-7-4-3-5-9-8(7)6-11(2)10-9;1-6-3-2-4-8-7(6)5-9-10-8/h3-6H,1-2H3;2-5H,1H3,(H,9,10). The molecular formula is C17H18N4. The van der Waals surface area contributed by atoms with Crippen molar-refractivity contribution >= 4 is 21.8 Å². The van der Waals surface area contributed by atoms with E-state index in [2.05, 4.69) is 41.3 Å². The number of benzene rings is 2. The second-order valence-corrected chi connectivity index (χ2v) is 5.22. The number of H-pyrrole nitrogens is 1. The average Bonchev–Trinajstić information content (AvgIpc) is 3.06. The first-order valence-corrected chi connectivity index (χ1v) is 6.93. The molecule has 0 amide bonds. The van der Waals surface area contributed by atoms with Crippen LogP contribution >= 0.6 is 0 Å². The first-order valence-electron chi connectivity index (χ1n) is 6.93. The summed E-state index contributed by atoms with van der Waals surface area (Å²) in [5.41, 5.74) is 4.74. The SMILES string of the molecule is Cc1cccc2[nH]ncc12.Cc1cccc2nn(C)cc12. The molecule has 0 saturated heterocycles. The van der Waals surface area contributed by atoms with Crippen molar-refractivity contribution in [3.05, 3.63) is 59.9 Å². The minimum Gasteiger partial charge on any atom is -0.278 e. The molecule has 1 N–H and O–H groups in total. The van der Waals surface area contributed by atoms with Crippen LogP contribution in [0.2, 0.25) is 0 Å². The van der Waals surface area contributed by atoms with Crippen molar-refractivity contribution in [2.45, 2.75) is 13.8 Å². The first-order chi connectivity index (χ1) is 10.1. The number of fused-ring (bicyclic) bond motifs is 2. The third-order valence-corrected chi connectivity index (χ3v) is 3.59. The van der Waals surface area contributed by atoms with E-state index in [1.165, 1.54) is 21.9 Å². The molecule has 2 aromatic carbocycles. The van der Waals surface area contributed by atoms with Crippen LogP contribution in [-0.2, 0) is 7.05 Å². The van der Waals surface area contributed by atoms with Crippen LogP contribution < -0.4 is 0 Å². The Hall–Kier alpha value is -2.62. The second kappa shape index (κ2) is 5.40. The zero-order valence-electron chi connectivity index (χ0n) is 12.5. The third kappa shape index (κ3) is 2.65. The van der Waals surface area contributed by atoms with Crippen molar-refractivity contribution in [1.82, 2.24) is 20.0 Å².